The Labute approximate surface area is 133 Å². The molecule has 2 aliphatic rings. The molecule has 7 heteroatoms. The highest BCUT2D eigenvalue weighted by atomic mass is 35.5. The first-order valence-corrected chi connectivity index (χ1v) is 8.06. The number of hydrogen-bond acceptors (Lipinski definition) is 5. The van der Waals surface area contributed by atoms with Crippen molar-refractivity contribution in [3.63, 3.8) is 0 Å². The first-order valence-electron chi connectivity index (χ1n) is 7.68. The third-order valence-corrected chi connectivity index (χ3v) is 4.49. The molecule has 1 N–H and O–H groups in total. The minimum Gasteiger partial charge on any atom is -0.386 e. The van der Waals surface area contributed by atoms with Gasteiger partial charge in [0.15, 0.2) is 0 Å². The van der Waals surface area contributed by atoms with Crippen LogP contribution in [0.1, 0.15) is 36.8 Å². The van der Waals surface area contributed by atoms with Crippen LogP contribution in [0.25, 0.3) is 0 Å². The van der Waals surface area contributed by atoms with E-state index >= 15 is 0 Å². The number of hydrogen-bond donors (Lipinski definition) is 1. The fraction of sp³-hybridized carbons (Fsp3) is 0.533. The molecule has 1 aliphatic heterocycles. The lowest BCUT2D eigenvalue weighted by Crippen LogP contribution is -2.24. The van der Waals surface area contributed by atoms with Gasteiger partial charge in [0.25, 0.3) is 0 Å². The Bertz CT molecular complexity index is 667. The highest BCUT2D eigenvalue weighted by Crippen LogP contribution is 2.40. The standard InChI is InChI=1S/C15H18ClN5O/c16-11-7-17-15(18-8-11)20-4-1-5-21-12(9-20)6-13(19-21)14(22)10-2-3-10/h6-8,10,14,22H,1-5,9H2/t14-/m0/s1. The molecule has 0 spiro atoms. The summed E-state index contributed by atoms with van der Waals surface area (Å²) in [4.78, 5) is 10.7. The normalized spacial score (nSPS) is 19.6. The first-order chi connectivity index (χ1) is 10.7. The number of anilines is 1. The van der Waals surface area contributed by atoms with Gasteiger partial charge in [-0.1, -0.05) is 11.6 Å². The molecule has 1 atom stereocenters. The molecule has 1 aliphatic carbocycles. The number of halogens is 1. The number of aryl methyl sites for hydroxylation is 1. The van der Waals surface area contributed by atoms with Crippen molar-refractivity contribution in [2.24, 2.45) is 5.92 Å². The Balaban J connectivity index is 1.58. The largest absolute Gasteiger partial charge is 0.386 e. The second-order valence-corrected chi connectivity index (χ2v) is 6.48. The van der Waals surface area contributed by atoms with E-state index < -0.39 is 6.10 Å². The number of aromatic nitrogens is 4. The van der Waals surface area contributed by atoms with E-state index in [2.05, 4.69) is 20.0 Å². The molecule has 1 fully saturated rings. The summed E-state index contributed by atoms with van der Waals surface area (Å²) in [6, 6.07) is 2.03. The van der Waals surface area contributed by atoms with Crippen LogP contribution < -0.4 is 4.90 Å². The van der Waals surface area contributed by atoms with Crippen molar-refractivity contribution in [1.29, 1.82) is 0 Å². The van der Waals surface area contributed by atoms with E-state index in [1.807, 2.05) is 10.7 Å². The summed E-state index contributed by atoms with van der Waals surface area (Å²) < 4.78 is 2.01. The maximum atomic E-state index is 10.3. The van der Waals surface area contributed by atoms with Crippen LogP contribution in [0, 0.1) is 5.92 Å². The molecule has 2 aromatic heterocycles. The maximum Gasteiger partial charge on any atom is 0.225 e. The summed E-state index contributed by atoms with van der Waals surface area (Å²) in [5.41, 5.74) is 1.90. The van der Waals surface area contributed by atoms with E-state index in [0.717, 1.165) is 43.7 Å². The van der Waals surface area contributed by atoms with Crippen LogP contribution in [-0.4, -0.2) is 31.4 Å². The van der Waals surface area contributed by atoms with Crippen LogP contribution >= 0.6 is 11.6 Å². The lowest BCUT2D eigenvalue weighted by Gasteiger charge is -2.19. The third kappa shape index (κ3) is 2.68. The summed E-state index contributed by atoms with van der Waals surface area (Å²) in [5.74, 6) is 1.08. The second kappa shape index (κ2) is 5.52. The van der Waals surface area contributed by atoms with Crippen molar-refractivity contribution >= 4 is 17.5 Å². The third-order valence-electron chi connectivity index (χ3n) is 4.29. The van der Waals surface area contributed by atoms with Crippen molar-refractivity contribution in [2.75, 3.05) is 11.4 Å². The zero-order valence-electron chi connectivity index (χ0n) is 12.2. The predicted molar refractivity (Wildman–Crippen MR) is 82.6 cm³/mol. The Morgan fingerprint density at radius 1 is 1.23 bits per heavy atom. The Morgan fingerprint density at radius 2 is 2.00 bits per heavy atom. The van der Waals surface area contributed by atoms with E-state index in [0.29, 0.717) is 23.4 Å². The molecule has 0 amide bonds. The highest BCUT2D eigenvalue weighted by Gasteiger charge is 2.33. The van der Waals surface area contributed by atoms with Gasteiger partial charge in [0, 0.05) is 13.1 Å². The molecule has 4 rings (SSSR count). The van der Waals surface area contributed by atoms with Crippen molar-refractivity contribution in [2.45, 2.75) is 38.5 Å². The van der Waals surface area contributed by atoms with Crippen LogP contribution in [0.3, 0.4) is 0 Å². The van der Waals surface area contributed by atoms with Gasteiger partial charge in [0.05, 0.1) is 35.3 Å². The summed E-state index contributed by atoms with van der Waals surface area (Å²) in [6.45, 7) is 2.44. The lowest BCUT2D eigenvalue weighted by molar-refractivity contribution is 0.148. The van der Waals surface area contributed by atoms with Crippen LogP contribution in [0.2, 0.25) is 5.02 Å². The number of aliphatic hydroxyl groups is 1. The zero-order valence-corrected chi connectivity index (χ0v) is 12.9. The van der Waals surface area contributed by atoms with Crippen molar-refractivity contribution in [1.82, 2.24) is 19.7 Å². The van der Waals surface area contributed by atoms with E-state index in [-0.39, 0.29) is 0 Å². The number of nitrogens with zero attached hydrogens (tertiary/aromatic N) is 5. The van der Waals surface area contributed by atoms with Crippen LogP contribution in [0.4, 0.5) is 5.95 Å². The minimum absolute atomic E-state index is 0.398. The van der Waals surface area contributed by atoms with Crippen LogP contribution in [-0.2, 0) is 13.1 Å². The molecular formula is C15H18ClN5O. The van der Waals surface area contributed by atoms with E-state index in [4.69, 9.17) is 11.6 Å². The summed E-state index contributed by atoms with van der Waals surface area (Å²) in [5, 5.41) is 15.4. The molecule has 0 radical (unpaired) electrons. The second-order valence-electron chi connectivity index (χ2n) is 6.04. The van der Waals surface area contributed by atoms with Gasteiger partial charge in [-0.2, -0.15) is 5.10 Å². The number of fused-ring (bicyclic) bond motifs is 1. The highest BCUT2D eigenvalue weighted by molar-refractivity contribution is 6.30. The van der Waals surface area contributed by atoms with E-state index in [1.54, 1.807) is 12.4 Å². The van der Waals surface area contributed by atoms with Crippen LogP contribution in [0.15, 0.2) is 18.5 Å². The summed E-state index contributed by atoms with van der Waals surface area (Å²) in [7, 11) is 0. The Hall–Kier alpha value is -1.66. The van der Waals surface area contributed by atoms with Crippen molar-refractivity contribution < 1.29 is 5.11 Å². The van der Waals surface area contributed by atoms with Gasteiger partial charge in [0.2, 0.25) is 5.95 Å². The average molecular weight is 320 g/mol. The molecule has 116 valence electrons. The van der Waals surface area contributed by atoms with Crippen molar-refractivity contribution in [3.05, 3.63) is 34.9 Å². The fourth-order valence-corrected chi connectivity index (χ4v) is 3.02. The molecule has 0 aromatic carbocycles. The smallest absolute Gasteiger partial charge is 0.225 e. The predicted octanol–water partition coefficient (Wildman–Crippen LogP) is 2.18. The molecule has 0 saturated heterocycles. The Morgan fingerprint density at radius 3 is 2.73 bits per heavy atom. The molecule has 22 heavy (non-hydrogen) atoms. The van der Waals surface area contributed by atoms with Gasteiger partial charge >= 0.3 is 0 Å². The Kier molecular flexibility index (Phi) is 3.50. The van der Waals surface area contributed by atoms with Gasteiger partial charge in [-0.15, -0.1) is 0 Å². The van der Waals surface area contributed by atoms with Gasteiger partial charge in [0.1, 0.15) is 6.10 Å². The first kappa shape index (κ1) is 14.0. The molecule has 3 heterocycles. The van der Waals surface area contributed by atoms with Gasteiger partial charge < -0.3 is 10.0 Å². The van der Waals surface area contributed by atoms with Gasteiger partial charge in [-0.25, -0.2) is 9.97 Å². The maximum absolute atomic E-state index is 10.3. The fourth-order valence-electron chi connectivity index (χ4n) is 2.92. The quantitative estimate of drug-likeness (QED) is 0.939. The average Bonchev–Trinajstić information content (AvgIpc) is 3.32. The molecule has 0 unspecified atom stereocenters. The lowest BCUT2D eigenvalue weighted by atomic mass is 10.1. The molecule has 1 saturated carbocycles. The minimum atomic E-state index is -0.417. The molecule has 6 nitrogen and oxygen atoms in total. The zero-order chi connectivity index (χ0) is 15.1. The van der Waals surface area contributed by atoms with Gasteiger partial charge in [-0.3, -0.25) is 4.68 Å². The van der Waals surface area contributed by atoms with Gasteiger partial charge in [-0.05, 0) is 31.2 Å². The summed E-state index contributed by atoms with van der Waals surface area (Å²) in [6.07, 6.45) is 6.00. The van der Waals surface area contributed by atoms with E-state index in [9.17, 15) is 5.11 Å². The summed E-state index contributed by atoms with van der Waals surface area (Å²) >= 11 is 5.85. The van der Waals surface area contributed by atoms with Crippen molar-refractivity contribution in [3.8, 4) is 0 Å². The van der Waals surface area contributed by atoms with E-state index in [1.165, 1.54) is 0 Å². The molecule has 0 bridgehead atoms. The monoisotopic (exact) mass is 319 g/mol. The SMILES string of the molecule is O[C@H](c1cc2n(n1)CCCN(c1ncc(Cl)cn1)C2)C1CC1. The molecule has 2 aromatic rings. The number of aliphatic hydroxyl groups excluding tert-OH is 1. The number of rotatable bonds is 3. The van der Waals surface area contributed by atoms with Crippen LogP contribution in [0.5, 0.6) is 0 Å². The topological polar surface area (TPSA) is 67.1 Å². The molecular weight excluding hydrogens is 302 g/mol.